The second kappa shape index (κ2) is 4.69. The maximum absolute atomic E-state index is 5.50. The van der Waals surface area contributed by atoms with Gasteiger partial charge >= 0.3 is 0 Å². The predicted molar refractivity (Wildman–Crippen MR) is 77.3 cm³/mol. The monoisotopic (exact) mass is 276 g/mol. The van der Waals surface area contributed by atoms with Crippen LogP contribution in [0, 0.1) is 5.92 Å². The van der Waals surface area contributed by atoms with Crippen molar-refractivity contribution in [1.82, 2.24) is 9.21 Å². The molecular formula is C15H20N2OS. The maximum atomic E-state index is 5.50. The Balaban J connectivity index is 1.57. The van der Waals surface area contributed by atoms with Gasteiger partial charge in [-0.25, -0.2) is 4.31 Å². The molecule has 0 aromatic heterocycles. The van der Waals surface area contributed by atoms with Gasteiger partial charge in [0.05, 0.1) is 12.0 Å². The van der Waals surface area contributed by atoms with Gasteiger partial charge in [0.15, 0.2) is 0 Å². The van der Waals surface area contributed by atoms with Crippen molar-refractivity contribution in [2.75, 3.05) is 26.7 Å². The number of benzene rings is 1. The summed E-state index contributed by atoms with van der Waals surface area (Å²) >= 11 is 1.92. The highest BCUT2D eigenvalue weighted by Crippen LogP contribution is 2.46. The Labute approximate surface area is 119 Å². The number of methoxy groups -OCH3 is 1. The van der Waals surface area contributed by atoms with Gasteiger partial charge in [0.1, 0.15) is 5.75 Å². The average Bonchev–Trinajstić information content (AvgIpc) is 2.92. The van der Waals surface area contributed by atoms with Crippen LogP contribution in [0.4, 0.5) is 0 Å². The molecule has 0 aliphatic carbocycles. The van der Waals surface area contributed by atoms with Crippen molar-refractivity contribution in [3.63, 3.8) is 0 Å². The molecule has 3 fully saturated rings. The van der Waals surface area contributed by atoms with Crippen LogP contribution in [0.5, 0.6) is 5.75 Å². The third kappa shape index (κ3) is 1.97. The Morgan fingerprint density at radius 3 is 2.79 bits per heavy atom. The number of ether oxygens (including phenoxy) is 1. The highest BCUT2D eigenvalue weighted by Gasteiger charge is 2.40. The number of rotatable bonds is 2. The van der Waals surface area contributed by atoms with Crippen LogP contribution in [0.2, 0.25) is 0 Å². The number of fused-ring (bicyclic) bond motifs is 4. The van der Waals surface area contributed by atoms with Crippen molar-refractivity contribution in [2.24, 2.45) is 5.92 Å². The van der Waals surface area contributed by atoms with Gasteiger partial charge in [0, 0.05) is 19.1 Å². The highest BCUT2D eigenvalue weighted by molar-refractivity contribution is 7.97. The molecule has 4 aliphatic rings. The molecule has 2 bridgehead atoms. The maximum Gasteiger partial charge on any atom is 0.134 e. The lowest BCUT2D eigenvalue weighted by Gasteiger charge is -2.47. The lowest BCUT2D eigenvalue weighted by Crippen LogP contribution is -2.55. The Morgan fingerprint density at radius 2 is 2.11 bits per heavy atom. The minimum Gasteiger partial charge on any atom is -0.496 e. The lowest BCUT2D eigenvalue weighted by molar-refractivity contribution is 0.0420. The second-order valence-corrected chi connectivity index (χ2v) is 6.88. The summed E-state index contributed by atoms with van der Waals surface area (Å²) in [6.45, 7) is 4.96. The molecular weight excluding hydrogens is 256 g/mol. The summed E-state index contributed by atoms with van der Waals surface area (Å²) in [6, 6.07) is 7.15. The molecule has 1 aromatic rings. The van der Waals surface area contributed by atoms with Crippen LogP contribution < -0.4 is 4.74 Å². The summed E-state index contributed by atoms with van der Waals surface area (Å²) in [4.78, 5) is 3.97. The van der Waals surface area contributed by atoms with E-state index in [4.69, 9.17) is 4.74 Å². The standard InChI is InChI=1S/C15H20N2OS/c1-18-14-4-2-3-12-9-17(19-15(12)14)13-10-16-7-5-11(13)6-8-16/h2-4,11,13H,5-10H2,1H3/t13-/m1/s1. The van der Waals surface area contributed by atoms with E-state index in [1.165, 1.54) is 42.9 Å². The van der Waals surface area contributed by atoms with Crippen LogP contribution in [0.25, 0.3) is 0 Å². The van der Waals surface area contributed by atoms with E-state index in [1.807, 2.05) is 11.9 Å². The van der Waals surface area contributed by atoms with Crippen molar-refractivity contribution < 1.29 is 4.74 Å². The molecule has 0 radical (unpaired) electrons. The Kier molecular flexibility index (Phi) is 2.98. The zero-order chi connectivity index (χ0) is 12.8. The smallest absolute Gasteiger partial charge is 0.134 e. The van der Waals surface area contributed by atoms with Crippen LogP contribution in [-0.2, 0) is 6.54 Å². The summed E-state index contributed by atoms with van der Waals surface area (Å²) in [5.41, 5.74) is 1.43. The SMILES string of the molecule is COc1cccc2c1SN([C@@H]1CN3CCC1CC3)C2. The topological polar surface area (TPSA) is 15.7 Å². The van der Waals surface area contributed by atoms with Gasteiger partial charge in [-0.2, -0.15) is 0 Å². The zero-order valence-corrected chi connectivity index (χ0v) is 12.2. The summed E-state index contributed by atoms with van der Waals surface area (Å²) < 4.78 is 8.10. The molecule has 3 nitrogen and oxygen atoms in total. The molecule has 0 spiro atoms. The van der Waals surface area contributed by atoms with Gasteiger partial charge in [-0.15, -0.1) is 0 Å². The molecule has 3 saturated heterocycles. The van der Waals surface area contributed by atoms with Crippen molar-refractivity contribution in [3.05, 3.63) is 23.8 Å². The molecule has 0 saturated carbocycles. The third-order valence-electron chi connectivity index (χ3n) is 4.81. The predicted octanol–water partition coefficient (Wildman–Crippen LogP) is 2.61. The van der Waals surface area contributed by atoms with Gasteiger partial charge in [0.25, 0.3) is 0 Å². The van der Waals surface area contributed by atoms with Gasteiger partial charge in [-0.3, -0.25) is 0 Å². The minimum atomic E-state index is 0.726. The Morgan fingerprint density at radius 1 is 1.26 bits per heavy atom. The number of hydrogen-bond acceptors (Lipinski definition) is 4. The first-order valence-electron chi connectivity index (χ1n) is 7.18. The quantitative estimate of drug-likeness (QED) is 0.771. The fourth-order valence-corrected chi connectivity index (χ4v) is 5.02. The van der Waals surface area contributed by atoms with Crippen molar-refractivity contribution in [1.29, 1.82) is 0 Å². The number of nitrogens with zero attached hydrogens (tertiary/aromatic N) is 2. The van der Waals surface area contributed by atoms with Crippen LogP contribution in [-0.4, -0.2) is 42.0 Å². The molecule has 5 rings (SSSR count). The largest absolute Gasteiger partial charge is 0.496 e. The molecule has 19 heavy (non-hydrogen) atoms. The molecule has 0 N–H and O–H groups in total. The summed E-state index contributed by atoms with van der Waals surface area (Å²) in [7, 11) is 1.77. The molecule has 1 aromatic carbocycles. The van der Waals surface area contributed by atoms with Gasteiger partial charge < -0.3 is 9.64 Å². The first kappa shape index (κ1) is 12.1. The summed E-state index contributed by atoms with van der Waals surface area (Å²) in [5, 5.41) is 0. The average molecular weight is 276 g/mol. The molecule has 4 heteroatoms. The summed E-state index contributed by atoms with van der Waals surface area (Å²) in [5.74, 6) is 1.93. The van der Waals surface area contributed by atoms with Gasteiger partial charge in [-0.05, 0) is 55.4 Å². The third-order valence-corrected chi connectivity index (χ3v) is 6.09. The van der Waals surface area contributed by atoms with Gasteiger partial charge in [-0.1, -0.05) is 12.1 Å². The van der Waals surface area contributed by atoms with Crippen LogP contribution >= 0.6 is 11.9 Å². The zero-order valence-electron chi connectivity index (χ0n) is 11.3. The molecule has 0 unspecified atom stereocenters. The van der Waals surface area contributed by atoms with E-state index < -0.39 is 0 Å². The normalized spacial score (nSPS) is 33.4. The molecule has 4 heterocycles. The Bertz CT molecular complexity index is 485. The van der Waals surface area contributed by atoms with E-state index in [1.54, 1.807) is 7.11 Å². The van der Waals surface area contributed by atoms with E-state index >= 15 is 0 Å². The molecule has 4 aliphatic heterocycles. The van der Waals surface area contributed by atoms with E-state index in [9.17, 15) is 0 Å². The summed E-state index contributed by atoms with van der Waals surface area (Å²) in [6.07, 6.45) is 2.77. The Hall–Kier alpha value is -0.710. The number of piperidine rings is 3. The van der Waals surface area contributed by atoms with Crippen molar-refractivity contribution in [2.45, 2.75) is 30.3 Å². The van der Waals surface area contributed by atoms with Crippen LogP contribution in [0.15, 0.2) is 23.1 Å². The van der Waals surface area contributed by atoms with Gasteiger partial charge in [0.2, 0.25) is 0 Å². The van der Waals surface area contributed by atoms with Crippen LogP contribution in [0.3, 0.4) is 0 Å². The molecule has 1 atom stereocenters. The van der Waals surface area contributed by atoms with Crippen LogP contribution in [0.1, 0.15) is 18.4 Å². The van der Waals surface area contributed by atoms with E-state index in [-0.39, 0.29) is 0 Å². The first-order valence-corrected chi connectivity index (χ1v) is 7.95. The van der Waals surface area contributed by atoms with E-state index in [0.29, 0.717) is 0 Å². The fraction of sp³-hybridized carbons (Fsp3) is 0.600. The van der Waals surface area contributed by atoms with E-state index in [2.05, 4.69) is 27.4 Å². The molecule has 0 amide bonds. The minimum absolute atomic E-state index is 0.726. The lowest BCUT2D eigenvalue weighted by atomic mass is 9.84. The first-order chi connectivity index (χ1) is 9.35. The highest BCUT2D eigenvalue weighted by atomic mass is 32.2. The van der Waals surface area contributed by atoms with E-state index in [0.717, 1.165) is 24.3 Å². The van der Waals surface area contributed by atoms with Crippen molar-refractivity contribution >= 4 is 11.9 Å². The molecule has 102 valence electrons. The number of hydrogen-bond donors (Lipinski definition) is 0. The fourth-order valence-electron chi connectivity index (χ4n) is 3.71. The second-order valence-electron chi connectivity index (χ2n) is 5.82. The van der Waals surface area contributed by atoms with Crippen molar-refractivity contribution in [3.8, 4) is 5.75 Å².